The number of rotatable bonds is 1. The topological polar surface area (TPSA) is 51.0 Å². The number of benzene rings is 1. The van der Waals surface area contributed by atoms with Gasteiger partial charge in [0.1, 0.15) is 0 Å². The molecule has 0 bridgehead atoms. The van der Waals surface area contributed by atoms with Crippen LogP contribution < -0.4 is 10.6 Å². The molecular formula is C11H8N2O2S. The van der Waals surface area contributed by atoms with Crippen molar-refractivity contribution >= 4 is 40.2 Å². The molecule has 1 unspecified atom stereocenters. The van der Waals surface area contributed by atoms with Crippen molar-refractivity contribution in [1.29, 1.82) is 0 Å². The third kappa shape index (κ3) is 1.32. The number of nitrogens with zero attached hydrogens (tertiary/aromatic N) is 2. The van der Waals surface area contributed by atoms with Crippen molar-refractivity contribution in [2.45, 2.75) is 11.8 Å². The fraction of sp³-hybridized carbons (Fsp3) is 0.0909. The van der Waals surface area contributed by atoms with Crippen LogP contribution >= 0.6 is 10.8 Å². The van der Waals surface area contributed by atoms with E-state index in [-0.39, 0.29) is 5.97 Å². The lowest BCUT2D eigenvalue weighted by atomic mass is 10.2. The minimum atomic E-state index is -0.689. The van der Waals surface area contributed by atoms with E-state index in [4.69, 9.17) is 4.18 Å². The molecule has 0 aromatic heterocycles. The van der Waals surface area contributed by atoms with Gasteiger partial charge in [0.15, 0.2) is 0 Å². The maximum absolute atomic E-state index is 11.0. The third-order valence-electron chi connectivity index (χ3n) is 2.30. The molecule has 1 aromatic carbocycles. The Kier molecular flexibility index (Phi) is 2.00. The fourth-order valence-electron chi connectivity index (χ4n) is 1.68. The second kappa shape index (κ2) is 3.38. The van der Waals surface area contributed by atoms with Gasteiger partial charge in [-0.3, -0.25) is 9.79 Å². The van der Waals surface area contributed by atoms with E-state index in [9.17, 15) is 4.79 Å². The Hall–Kier alpha value is -1.75. The SMILES string of the molecule is CC(=O)OS1=CN=c2ccc3c(c21)N=CC=3. The molecule has 0 saturated heterocycles. The highest BCUT2D eigenvalue weighted by Gasteiger charge is 2.18. The van der Waals surface area contributed by atoms with Crippen LogP contribution in [0.5, 0.6) is 0 Å². The summed E-state index contributed by atoms with van der Waals surface area (Å²) < 4.78 is 5.21. The summed E-state index contributed by atoms with van der Waals surface area (Å²) in [5.74, 6) is -0.300. The molecule has 0 saturated carbocycles. The van der Waals surface area contributed by atoms with Gasteiger partial charge in [-0.2, -0.15) is 0 Å². The van der Waals surface area contributed by atoms with Crippen molar-refractivity contribution in [3.8, 4) is 0 Å². The van der Waals surface area contributed by atoms with Gasteiger partial charge in [0, 0.05) is 18.4 Å². The summed E-state index contributed by atoms with van der Waals surface area (Å²) in [5, 5.41) is 1.89. The van der Waals surface area contributed by atoms with E-state index < -0.39 is 10.8 Å². The zero-order valence-corrected chi connectivity index (χ0v) is 9.32. The van der Waals surface area contributed by atoms with E-state index in [1.807, 2.05) is 18.2 Å². The van der Waals surface area contributed by atoms with E-state index in [0.29, 0.717) is 0 Å². The Labute approximate surface area is 94.1 Å². The maximum Gasteiger partial charge on any atom is 0.314 e. The van der Waals surface area contributed by atoms with Crippen LogP contribution in [-0.4, -0.2) is 17.7 Å². The van der Waals surface area contributed by atoms with Crippen molar-refractivity contribution in [2.24, 2.45) is 9.98 Å². The lowest BCUT2D eigenvalue weighted by Gasteiger charge is -2.06. The Balaban J connectivity index is 2.21. The molecule has 0 amide bonds. The van der Waals surface area contributed by atoms with Gasteiger partial charge < -0.3 is 4.18 Å². The fourth-order valence-corrected chi connectivity index (χ4v) is 3.06. The predicted octanol–water partition coefficient (Wildman–Crippen LogP) is 0.682. The molecule has 1 aromatic rings. The lowest BCUT2D eigenvalue weighted by molar-refractivity contribution is -0.130. The normalized spacial score (nSPS) is 19.2. The molecule has 16 heavy (non-hydrogen) atoms. The van der Waals surface area contributed by atoms with Crippen LogP contribution in [0, 0.1) is 0 Å². The van der Waals surface area contributed by atoms with E-state index in [1.165, 1.54) is 6.92 Å². The molecular weight excluding hydrogens is 224 g/mol. The molecule has 2 heterocycles. The highest BCUT2D eigenvalue weighted by molar-refractivity contribution is 8.11. The molecule has 0 fully saturated rings. The van der Waals surface area contributed by atoms with Crippen LogP contribution in [0.25, 0.3) is 6.08 Å². The molecule has 80 valence electrons. The van der Waals surface area contributed by atoms with Gasteiger partial charge in [-0.15, -0.1) is 0 Å². The first-order chi connectivity index (χ1) is 7.75. The van der Waals surface area contributed by atoms with Gasteiger partial charge in [-0.25, -0.2) is 4.99 Å². The molecule has 1 atom stereocenters. The largest absolute Gasteiger partial charge is 0.394 e. The number of aliphatic imine (C=N–C) groups is 1. The van der Waals surface area contributed by atoms with Gasteiger partial charge in [0.25, 0.3) is 0 Å². The van der Waals surface area contributed by atoms with Gasteiger partial charge in [-0.05, 0) is 12.1 Å². The summed E-state index contributed by atoms with van der Waals surface area (Å²) in [6.07, 6.45) is 3.68. The monoisotopic (exact) mass is 232 g/mol. The number of carbonyl (C=O) groups is 1. The first kappa shape index (κ1) is 9.47. The van der Waals surface area contributed by atoms with Gasteiger partial charge in [0.05, 0.1) is 32.2 Å². The molecule has 0 N–H and O–H groups in total. The molecule has 2 aliphatic heterocycles. The summed E-state index contributed by atoms with van der Waals surface area (Å²) in [6.45, 7) is 1.40. The molecule has 5 heteroatoms. The number of fused-ring (bicyclic) bond motifs is 3. The molecule has 0 aliphatic carbocycles. The summed E-state index contributed by atoms with van der Waals surface area (Å²) >= 11 is 0. The van der Waals surface area contributed by atoms with Crippen LogP contribution in [0.15, 0.2) is 27.0 Å². The molecule has 4 nitrogen and oxygen atoms in total. The Bertz CT molecular complexity index is 674. The molecule has 2 aliphatic rings. The van der Waals surface area contributed by atoms with Crippen LogP contribution in [-0.2, 0) is 8.98 Å². The van der Waals surface area contributed by atoms with Crippen LogP contribution in [0.4, 0.5) is 5.69 Å². The number of carbonyl (C=O) groups excluding carboxylic acids is 1. The van der Waals surface area contributed by atoms with Crippen molar-refractivity contribution in [1.82, 2.24) is 0 Å². The second-order valence-electron chi connectivity index (χ2n) is 3.40. The van der Waals surface area contributed by atoms with Crippen LogP contribution in [0.1, 0.15) is 6.92 Å². The third-order valence-corrected chi connectivity index (χ3v) is 3.81. The van der Waals surface area contributed by atoms with Gasteiger partial charge in [0.2, 0.25) is 0 Å². The number of hydrogen-bond donors (Lipinski definition) is 0. The lowest BCUT2D eigenvalue weighted by Crippen LogP contribution is -2.10. The Morgan fingerprint density at radius 3 is 3.12 bits per heavy atom. The average molecular weight is 232 g/mol. The van der Waals surface area contributed by atoms with Gasteiger partial charge >= 0.3 is 5.97 Å². The summed E-state index contributed by atoms with van der Waals surface area (Å²) in [7, 11) is -0.689. The van der Waals surface area contributed by atoms with Crippen molar-refractivity contribution in [3.05, 3.63) is 22.7 Å². The zero-order valence-electron chi connectivity index (χ0n) is 8.51. The first-order valence-corrected chi connectivity index (χ1v) is 5.97. The van der Waals surface area contributed by atoms with Crippen molar-refractivity contribution < 1.29 is 8.98 Å². The van der Waals surface area contributed by atoms with E-state index >= 15 is 0 Å². The quantitative estimate of drug-likeness (QED) is 0.669. The highest BCUT2D eigenvalue weighted by Crippen LogP contribution is 2.33. The number of hydrogen-bond acceptors (Lipinski definition) is 4. The van der Waals surface area contributed by atoms with Crippen LogP contribution in [0.2, 0.25) is 0 Å². The molecule has 0 radical (unpaired) electrons. The Morgan fingerprint density at radius 2 is 2.31 bits per heavy atom. The maximum atomic E-state index is 11.0. The summed E-state index contributed by atoms with van der Waals surface area (Å²) in [4.78, 5) is 20.4. The highest BCUT2D eigenvalue weighted by atomic mass is 32.2. The Morgan fingerprint density at radius 1 is 1.44 bits per heavy atom. The first-order valence-electron chi connectivity index (χ1n) is 4.76. The summed E-state index contributed by atoms with van der Waals surface area (Å²) in [5.41, 5.74) is 2.54. The van der Waals surface area contributed by atoms with Crippen molar-refractivity contribution in [3.63, 3.8) is 0 Å². The van der Waals surface area contributed by atoms with Crippen molar-refractivity contribution in [2.75, 3.05) is 0 Å². The minimum absolute atomic E-state index is 0.300. The van der Waals surface area contributed by atoms with E-state index in [2.05, 4.69) is 9.98 Å². The average Bonchev–Trinajstić information content (AvgIpc) is 2.82. The smallest absolute Gasteiger partial charge is 0.314 e. The summed E-state index contributed by atoms with van der Waals surface area (Å²) in [6, 6.07) is 3.89. The van der Waals surface area contributed by atoms with Crippen LogP contribution in [0.3, 0.4) is 0 Å². The molecule has 3 rings (SSSR count). The molecule has 0 spiro atoms. The van der Waals surface area contributed by atoms with Gasteiger partial charge in [-0.1, -0.05) is 6.07 Å². The minimum Gasteiger partial charge on any atom is -0.394 e. The predicted molar refractivity (Wildman–Crippen MR) is 63.5 cm³/mol. The van der Waals surface area contributed by atoms with E-state index in [0.717, 1.165) is 21.2 Å². The van der Waals surface area contributed by atoms with E-state index in [1.54, 1.807) is 11.7 Å². The second-order valence-corrected chi connectivity index (χ2v) is 4.78. The standard InChI is InChI=1S/C11H8N2O2S/c1-7(14)15-16-6-13-9-3-2-8-4-5-12-10(8)11(9)16/h2-6H,1H3. The zero-order chi connectivity index (χ0) is 11.1.